The molecule has 1 fully saturated rings. The molecule has 0 amide bonds. The number of rotatable bonds is 3. The summed E-state index contributed by atoms with van der Waals surface area (Å²) in [4.78, 5) is 2.49. The lowest BCUT2D eigenvalue weighted by molar-refractivity contribution is 0.424. The van der Waals surface area contributed by atoms with Crippen LogP contribution in [0.2, 0.25) is 5.02 Å². The van der Waals surface area contributed by atoms with E-state index in [2.05, 4.69) is 50.0 Å². The van der Waals surface area contributed by atoms with E-state index >= 15 is 0 Å². The molecular weight excluding hydrogens is 256 g/mol. The van der Waals surface area contributed by atoms with Crippen LogP contribution in [0.3, 0.4) is 0 Å². The predicted octanol–water partition coefficient (Wildman–Crippen LogP) is 4.22. The van der Waals surface area contributed by atoms with Gasteiger partial charge in [0.2, 0.25) is 0 Å². The van der Waals surface area contributed by atoms with E-state index in [1.165, 1.54) is 24.1 Å². The summed E-state index contributed by atoms with van der Waals surface area (Å²) >= 11 is 6.42. The second-order valence-electron chi connectivity index (χ2n) is 6.53. The first-order valence-electron chi connectivity index (χ1n) is 7.17. The summed E-state index contributed by atoms with van der Waals surface area (Å²) in [6.45, 7) is 10.8. The SMILES string of the molecule is CC1CCCN1c1cccc(Cl)c1CNC(C)(C)C. The van der Waals surface area contributed by atoms with Crippen molar-refractivity contribution in [1.82, 2.24) is 5.32 Å². The van der Waals surface area contributed by atoms with Gasteiger partial charge >= 0.3 is 0 Å². The molecule has 1 heterocycles. The van der Waals surface area contributed by atoms with Crippen LogP contribution in [0, 0.1) is 0 Å². The van der Waals surface area contributed by atoms with Crippen LogP contribution < -0.4 is 10.2 Å². The highest BCUT2D eigenvalue weighted by Crippen LogP contribution is 2.32. The Balaban J connectivity index is 2.25. The van der Waals surface area contributed by atoms with Crippen LogP contribution in [0.1, 0.15) is 46.1 Å². The van der Waals surface area contributed by atoms with Crippen molar-refractivity contribution in [2.24, 2.45) is 0 Å². The lowest BCUT2D eigenvalue weighted by Crippen LogP contribution is -2.36. The molecule has 0 aromatic heterocycles. The molecule has 3 heteroatoms. The first kappa shape index (κ1) is 14.7. The van der Waals surface area contributed by atoms with E-state index in [0.717, 1.165) is 18.1 Å². The van der Waals surface area contributed by atoms with E-state index in [1.807, 2.05) is 6.07 Å². The zero-order valence-corrected chi connectivity index (χ0v) is 13.2. The molecule has 1 aromatic carbocycles. The molecule has 0 radical (unpaired) electrons. The predicted molar refractivity (Wildman–Crippen MR) is 84.1 cm³/mol. The van der Waals surface area contributed by atoms with Gasteiger partial charge in [0.1, 0.15) is 0 Å². The first-order valence-corrected chi connectivity index (χ1v) is 7.55. The molecule has 1 aliphatic heterocycles. The van der Waals surface area contributed by atoms with Crippen LogP contribution in [-0.4, -0.2) is 18.1 Å². The molecule has 1 aliphatic rings. The van der Waals surface area contributed by atoms with Gasteiger partial charge in [0.15, 0.2) is 0 Å². The van der Waals surface area contributed by atoms with Gasteiger partial charge in [-0.05, 0) is 52.7 Å². The molecule has 0 saturated carbocycles. The molecule has 106 valence electrons. The number of hydrogen-bond donors (Lipinski definition) is 1. The minimum Gasteiger partial charge on any atom is -0.369 e. The lowest BCUT2D eigenvalue weighted by Gasteiger charge is -2.29. The standard InChI is InChI=1S/C16H25ClN2/c1-12-7-6-10-19(12)15-9-5-8-14(17)13(15)11-18-16(2,3)4/h5,8-9,12,18H,6-7,10-11H2,1-4H3. The van der Waals surface area contributed by atoms with Gasteiger partial charge in [-0.3, -0.25) is 0 Å². The molecule has 0 spiro atoms. The van der Waals surface area contributed by atoms with E-state index in [-0.39, 0.29) is 5.54 Å². The highest BCUT2D eigenvalue weighted by molar-refractivity contribution is 6.31. The van der Waals surface area contributed by atoms with Gasteiger partial charge in [-0.15, -0.1) is 0 Å². The third-order valence-corrected chi connectivity index (χ3v) is 4.11. The fraction of sp³-hybridized carbons (Fsp3) is 0.625. The number of nitrogens with zero attached hydrogens (tertiary/aromatic N) is 1. The van der Waals surface area contributed by atoms with Crippen molar-refractivity contribution in [3.05, 3.63) is 28.8 Å². The van der Waals surface area contributed by atoms with Crippen LogP contribution in [0.15, 0.2) is 18.2 Å². The maximum atomic E-state index is 6.42. The number of halogens is 1. The minimum atomic E-state index is 0.104. The second kappa shape index (κ2) is 5.72. The van der Waals surface area contributed by atoms with Crippen LogP contribution in [0.5, 0.6) is 0 Å². The Morgan fingerprint density at radius 3 is 2.68 bits per heavy atom. The first-order chi connectivity index (χ1) is 8.88. The van der Waals surface area contributed by atoms with Gasteiger partial charge in [-0.1, -0.05) is 17.7 Å². The van der Waals surface area contributed by atoms with Crippen LogP contribution in [0.25, 0.3) is 0 Å². The lowest BCUT2D eigenvalue weighted by atomic mass is 10.1. The van der Waals surface area contributed by atoms with Crippen LogP contribution in [-0.2, 0) is 6.54 Å². The number of nitrogens with one attached hydrogen (secondary N) is 1. The monoisotopic (exact) mass is 280 g/mol. The Kier molecular flexibility index (Phi) is 4.42. The molecule has 2 rings (SSSR count). The number of hydrogen-bond acceptors (Lipinski definition) is 2. The van der Waals surface area contributed by atoms with Gasteiger partial charge in [0, 0.05) is 40.9 Å². The van der Waals surface area contributed by atoms with Crippen molar-refractivity contribution < 1.29 is 0 Å². The summed E-state index contributed by atoms with van der Waals surface area (Å²) < 4.78 is 0. The molecule has 2 nitrogen and oxygen atoms in total. The largest absolute Gasteiger partial charge is 0.369 e. The van der Waals surface area contributed by atoms with Crippen LogP contribution >= 0.6 is 11.6 Å². The Hall–Kier alpha value is -0.730. The zero-order chi connectivity index (χ0) is 14.0. The van der Waals surface area contributed by atoms with Crippen molar-refractivity contribution in [3.8, 4) is 0 Å². The molecule has 1 saturated heterocycles. The Morgan fingerprint density at radius 2 is 2.11 bits per heavy atom. The smallest absolute Gasteiger partial charge is 0.0471 e. The van der Waals surface area contributed by atoms with Crippen molar-refractivity contribution in [2.75, 3.05) is 11.4 Å². The Bertz CT molecular complexity index is 437. The van der Waals surface area contributed by atoms with Gasteiger partial charge in [0.25, 0.3) is 0 Å². The van der Waals surface area contributed by atoms with E-state index in [4.69, 9.17) is 11.6 Å². The summed E-state index contributed by atoms with van der Waals surface area (Å²) in [7, 11) is 0. The Labute approximate surface area is 122 Å². The Morgan fingerprint density at radius 1 is 1.37 bits per heavy atom. The molecule has 1 aromatic rings. The van der Waals surface area contributed by atoms with Crippen molar-refractivity contribution in [2.45, 2.75) is 58.7 Å². The third-order valence-electron chi connectivity index (χ3n) is 3.75. The van der Waals surface area contributed by atoms with E-state index in [9.17, 15) is 0 Å². The molecule has 1 N–H and O–H groups in total. The zero-order valence-electron chi connectivity index (χ0n) is 12.5. The quantitative estimate of drug-likeness (QED) is 0.892. The molecule has 0 aliphatic carbocycles. The second-order valence-corrected chi connectivity index (χ2v) is 6.93. The molecule has 1 atom stereocenters. The summed E-state index contributed by atoms with van der Waals surface area (Å²) in [5.74, 6) is 0. The topological polar surface area (TPSA) is 15.3 Å². The van der Waals surface area contributed by atoms with E-state index < -0.39 is 0 Å². The van der Waals surface area contributed by atoms with Gasteiger partial charge in [-0.25, -0.2) is 0 Å². The summed E-state index contributed by atoms with van der Waals surface area (Å²) in [6.07, 6.45) is 2.55. The normalized spacial score (nSPS) is 20.1. The average molecular weight is 281 g/mol. The number of anilines is 1. The molecule has 1 unspecified atom stereocenters. The summed E-state index contributed by atoms with van der Waals surface area (Å²) in [6, 6.07) is 6.87. The third kappa shape index (κ3) is 3.64. The van der Waals surface area contributed by atoms with E-state index in [0.29, 0.717) is 6.04 Å². The fourth-order valence-electron chi connectivity index (χ4n) is 2.64. The number of benzene rings is 1. The van der Waals surface area contributed by atoms with Gasteiger partial charge in [-0.2, -0.15) is 0 Å². The molecule has 19 heavy (non-hydrogen) atoms. The van der Waals surface area contributed by atoms with Gasteiger partial charge < -0.3 is 10.2 Å². The van der Waals surface area contributed by atoms with Crippen LogP contribution in [0.4, 0.5) is 5.69 Å². The molecule has 0 bridgehead atoms. The highest BCUT2D eigenvalue weighted by Gasteiger charge is 2.23. The maximum absolute atomic E-state index is 6.42. The van der Waals surface area contributed by atoms with Crippen molar-refractivity contribution in [3.63, 3.8) is 0 Å². The minimum absolute atomic E-state index is 0.104. The average Bonchev–Trinajstić information content (AvgIpc) is 2.72. The van der Waals surface area contributed by atoms with E-state index in [1.54, 1.807) is 0 Å². The van der Waals surface area contributed by atoms with Crippen molar-refractivity contribution in [1.29, 1.82) is 0 Å². The fourth-order valence-corrected chi connectivity index (χ4v) is 2.87. The van der Waals surface area contributed by atoms with Crippen molar-refractivity contribution >= 4 is 17.3 Å². The highest BCUT2D eigenvalue weighted by atomic mass is 35.5. The maximum Gasteiger partial charge on any atom is 0.0471 e. The van der Waals surface area contributed by atoms with Gasteiger partial charge in [0.05, 0.1) is 0 Å². The summed E-state index contributed by atoms with van der Waals surface area (Å²) in [5, 5.41) is 4.42. The summed E-state index contributed by atoms with van der Waals surface area (Å²) in [5.41, 5.74) is 2.63. The molecular formula is C16H25ClN2.